The molecule has 0 saturated carbocycles. The summed E-state index contributed by atoms with van der Waals surface area (Å²) >= 11 is 9.57. The van der Waals surface area contributed by atoms with Gasteiger partial charge < -0.3 is 5.11 Å². The quantitative estimate of drug-likeness (QED) is 0.812. The molecule has 0 aliphatic rings. The van der Waals surface area contributed by atoms with Crippen molar-refractivity contribution < 1.29 is 9.90 Å². The zero-order valence-corrected chi connectivity index (χ0v) is 13.7. The third-order valence-electron chi connectivity index (χ3n) is 3.23. The van der Waals surface area contributed by atoms with Crippen LogP contribution in [0.4, 0.5) is 0 Å². The van der Waals surface area contributed by atoms with Crippen molar-refractivity contribution in [2.45, 2.75) is 19.0 Å². The van der Waals surface area contributed by atoms with Crippen LogP contribution in [0.5, 0.6) is 0 Å². The van der Waals surface area contributed by atoms with E-state index in [9.17, 15) is 9.90 Å². The fraction of sp³-hybridized carbons (Fsp3) is 0.188. The molecule has 0 heterocycles. The number of carbonyl (C=O) groups is 1. The fourth-order valence-electron chi connectivity index (χ4n) is 2.15. The zero-order chi connectivity index (χ0) is 15.4. The minimum Gasteiger partial charge on any atom is -0.480 e. The number of carboxylic acids is 1. The second-order valence-electron chi connectivity index (χ2n) is 4.74. The average molecular weight is 369 g/mol. The highest BCUT2D eigenvalue weighted by molar-refractivity contribution is 9.10. The van der Waals surface area contributed by atoms with Crippen LogP contribution in [-0.2, 0) is 4.79 Å². The molecule has 0 aromatic heterocycles. The van der Waals surface area contributed by atoms with Crippen LogP contribution in [-0.4, -0.2) is 11.1 Å². The molecule has 2 N–H and O–H groups in total. The molecule has 2 aromatic carbocycles. The van der Waals surface area contributed by atoms with E-state index in [1.54, 1.807) is 18.2 Å². The molecular formula is C16H15BrClNO2. The lowest BCUT2D eigenvalue weighted by Crippen LogP contribution is -2.30. The number of benzene rings is 2. The van der Waals surface area contributed by atoms with E-state index < -0.39 is 12.0 Å². The lowest BCUT2D eigenvalue weighted by atomic mass is 10.0. The molecule has 0 radical (unpaired) electrons. The van der Waals surface area contributed by atoms with Crippen LogP contribution < -0.4 is 5.32 Å². The van der Waals surface area contributed by atoms with Crippen molar-refractivity contribution in [1.82, 2.24) is 5.32 Å². The fourth-order valence-corrected chi connectivity index (χ4v) is 2.99. The normalized spacial score (nSPS) is 13.7. The Morgan fingerprint density at radius 1 is 1.24 bits per heavy atom. The van der Waals surface area contributed by atoms with Gasteiger partial charge >= 0.3 is 5.97 Å². The first-order chi connectivity index (χ1) is 9.99. The van der Waals surface area contributed by atoms with Gasteiger partial charge in [0.1, 0.15) is 6.04 Å². The van der Waals surface area contributed by atoms with E-state index in [1.165, 1.54) is 0 Å². The molecule has 5 heteroatoms. The summed E-state index contributed by atoms with van der Waals surface area (Å²) in [5.74, 6) is -0.915. The molecule has 110 valence electrons. The first-order valence-corrected chi connectivity index (χ1v) is 7.65. The molecule has 0 aliphatic carbocycles. The molecular weight excluding hydrogens is 354 g/mol. The number of nitrogens with one attached hydrogen (secondary N) is 1. The molecule has 0 spiro atoms. The summed E-state index contributed by atoms with van der Waals surface area (Å²) in [5, 5.41) is 13.1. The summed E-state index contributed by atoms with van der Waals surface area (Å²) in [4.78, 5) is 11.5. The van der Waals surface area contributed by atoms with Crippen LogP contribution in [0.2, 0.25) is 5.02 Å². The van der Waals surface area contributed by atoms with Gasteiger partial charge in [0, 0.05) is 15.5 Å². The highest BCUT2D eigenvalue weighted by atomic mass is 79.9. The van der Waals surface area contributed by atoms with Crippen molar-refractivity contribution >= 4 is 33.5 Å². The first kappa shape index (κ1) is 16.0. The van der Waals surface area contributed by atoms with E-state index in [0.717, 1.165) is 10.0 Å². The third-order valence-corrected chi connectivity index (χ3v) is 4.05. The van der Waals surface area contributed by atoms with Crippen molar-refractivity contribution in [3.8, 4) is 0 Å². The Hall–Kier alpha value is -1.36. The van der Waals surface area contributed by atoms with Crippen LogP contribution >= 0.6 is 27.5 Å². The summed E-state index contributed by atoms with van der Waals surface area (Å²) in [6.45, 7) is 1.90. The van der Waals surface area contributed by atoms with Crippen LogP contribution in [0, 0.1) is 0 Å². The Morgan fingerprint density at radius 2 is 1.90 bits per heavy atom. The Kier molecular flexibility index (Phi) is 5.39. The van der Waals surface area contributed by atoms with Gasteiger partial charge in [0.15, 0.2) is 0 Å². The molecule has 0 aliphatic heterocycles. The van der Waals surface area contributed by atoms with Crippen LogP contribution in [0.25, 0.3) is 0 Å². The second kappa shape index (κ2) is 7.07. The number of carboxylic acid groups (broad SMARTS) is 1. The molecule has 0 saturated heterocycles. The van der Waals surface area contributed by atoms with Crippen LogP contribution in [0.3, 0.4) is 0 Å². The van der Waals surface area contributed by atoms with E-state index >= 15 is 0 Å². The van der Waals surface area contributed by atoms with E-state index in [4.69, 9.17) is 11.6 Å². The third kappa shape index (κ3) is 4.06. The van der Waals surface area contributed by atoms with Gasteiger partial charge in [-0.2, -0.15) is 0 Å². The van der Waals surface area contributed by atoms with Crippen molar-refractivity contribution in [2.24, 2.45) is 0 Å². The van der Waals surface area contributed by atoms with E-state index in [2.05, 4.69) is 21.2 Å². The van der Waals surface area contributed by atoms with Gasteiger partial charge in [-0.25, -0.2) is 0 Å². The van der Waals surface area contributed by atoms with Crippen LogP contribution in [0.15, 0.2) is 53.0 Å². The molecule has 2 atom stereocenters. The van der Waals surface area contributed by atoms with Crippen molar-refractivity contribution in [2.75, 3.05) is 0 Å². The van der Waals surface area contributed by atoms with E-state index in [0.29, 0.717) is 10.6 Å². The van der Waals surface area contributed by atoms with Crippen LogP contribution in [0.1, 0.15) is 30.1 Å². The first-order valence-electron chi connectivity index (χ1n) is 6.48. The predicted octanol–water partition coefficient (Wildman–Crippen LogP) is 4.58. The van der Waals surface area contributed by atoms with E-state index in [-0.39, 0.29) is 6.04 Å². The number of hydrogen-bond acceptors (Lipinski definition) is 2. The van der Waals surface area contributed by atoms with Gasteiger partial charge in [-0.1, -0.05) is 63.9 Å². The largest absolute Gasteiger partial charge is 0.480 e. The Balaban J connectivity index is 2.23. The summed E-state index contributed by atoms with van der Waals surface area (Å²) in [6, 6.07) is 13.7. The zero-order valence-electron chi connectivity index (χ0n) is 11.4. The van der Waals surface area contributed by atoms with Gasteiger partial charge in [0.25, 0.3) is 0 Å². The SMILES string of the molecule is CC(NC(C(=O)O)c1ccccc1)c1ccc(Br)cc1Cl. The molecule has 0 amide bonds. The lowest BCUT2D eigenvalue weighted by Gasteiger charge is -2.21. The topological polar surface area (TPSA) is 49.3 Å². The number of halogens is 2. The number of rotatable bonds is 5. The van der Waals surface area contributed by atoms with Crippen molar-refractivity contribution in [3.05, 3.63) is 69.2 Å². The highest BCUT2D eigenvalue weighted by Crippen LogP contribution is 2.28. The second-order valence-corrected chi connectivity index (χ2v) is 6.06. The molecule has 21 heavy (non-hydrogen) atoms. The Morgan fingerprint density at radius 3 is 2.48 bits per heavy atom. The maximum absolute atomic E-state index is 11.5. The van der Waals surface area contributed by atoms with Gasteiger partial charge in [-0.05, 0) is 30.2 Å². The Labute approximate surface area is 137 Å². The Bertz CT molecular complexity index is 633. The smallest absolute Gasteiger partial charge is 0.325 e. The lowest BCUT2D eigenvalue weighted by molar-refractivity contribution is -0.139. The van der Waals surface area contributed by atoms with Gasteiger partial charge in [0.05, 0.1) is 0 Å². The summed E-state index contributed by atoms with van der Waals surface area (Å²) in [6.07, 6.45) is 0. The minimum absolute atomic E-state index is 0.188. The number of aliphatic carboxylic acids is 1. The summed E-state index contributed by atoms with van der Waals surface area (Å²) in [5.41, 5.74) is 1.58. The summed E-state index contributed by atoms with van der Waals surface area (Å²) in [7, 11) is 0. The molecule has 0 fully saturated rings. The molecule has 0 bridgehead atoms. The van der Waals surface area contributed by atoms with Gasteiger partial charge in [0.2, 0.25) is 0 Å². The average Bonchev–Trinajstić information content (AvgIpc) is 2.45. The maximum Gasteiger partial charge on any atom is 0.325 e. The maximum atomic E-state index is 11.5. The minimum atomic E-state index is -0.915. The molecule has 2 rings (SSSR count). The summed E-state index contributed by atoms with van der Waals surface area (Å²) < 4.78 is 0.890. The molecule has 2 unspecified atom stereocenters. The van der Waals surface area contributed by atoms with Gasteiger partial charge in [-0.15, -0.1) is 0 Å². The highest BCUT2D eigenvalue weighted by Gasteiger charge is 2.22. The van der Waals surface area contributed by atoms with Crippen molar-refractivity contribution in [3.63, 3.8) is 0 Å². The van der Waals surface area contributed by atoms with Gasteiger partial charge in [-0.3, -0.25) is 10.1 Å². The van der Waals surface area contributed by atoms with E-state index in [1.807, 2.05) is 37.3 Å². The predicted molar refractivity (Wildman–Crippen MR) is 87.5 cm³/mol. The monoisotopic (exact) mass is 367 g/mol. The number of hydrogen-bond donors (Lipinski definition) is 2. The molecule has 2 aromatic rings. The standard InChI is InChI=1S/C16H15BrClNO2/c1-10(13-8-7-12(17)9-14(13)18)19-15(16(20)21)11-5-3-2-4-6-11/h2-10,15,19H,1H3,(H,20,21). The van der Waals surface area contributed by atoms with Crippen molar-refractivity contribution in [1.29, 1.82) is 0 Å². The molecule has 3 nitrogen and oxygen atoms in total.